The van der Waals surface area contributed by atoms with Crippen LogP contribution in [-0.2, 0) is 19.3 Å². The molecule has 3 aromatic rings. The molecular formula is C18H23N7O3S. The maximum atomic E-state index is 12.7. The monoisotopic (exact) mass is 417 g/mol. The van der Waals surface area contributed by atoms with E-state index in [2.05, 4.69) is 27.1 Å². The van der Waals surface area contributed by atoms with Crippen LogP contribution in [0.4, 0.5) is 11.6 Å². The van der Waals surface area contributed by atoms with Gasteiger partial charge in [0.1, 0.15) is 5.82 Å². The topological polar surface area (TPSA) is 132 Å². The first-order valence-electron chi connectivity index (χ1n) is 9.55. The molecule has 0 bridgehead atoms. The summed E-state index contributed by atoms with van der Waals surface area (Å²) in [5.41, 5.74) is 7.48. The molecule has 0 aromatic carbocycles. The molecule has 11 heteroatoms. The standard InChI is InChI=1S/C18H23N7O3S/c1-11-10-28-8-7-24(11)14-9-12(18(4-5-18)29(2,26)27)15-16(19)23-25(17(15)21-14)13-3-6-20-22-13/h3,6,9,11H,4-5,7-8,10H2,1-2H3,(H2,19,23)(H,20,22)/t11-/m1/s1. The third-order valence-electron chi connectivity index (χ3n) is 5.93. The van der Waals surface area contributed by atoms with Crippen molar-refractivity contribution >= 4 is 32.5 Å². The number of nitrogen functional groups attached to an aromatic ring is 1. The molecule has 1 saturated carbocycles. The predicted octanol–water partition coefficient (Wildman–Crippen LogP) is 0.985. The van der Waals surface area contributed by atoms with Crippen LogP contribution in [0.25, 0.3) is 16.9 Å². The highest BCUT2D eigenvalue weighted by Gasteiger charge is 2.55. The van der Waals surface area contributed by atoms with Gasteiger partial charge >= 0.3 is 0 Å². The van der Waals surface area contributed by atoms with Crippen molar-refractivity contribution in [3.05, 3.63) is 23.9 Å². The average Bonchev–Trinajstić information content (AvgIpc) is 3.21. The van der Waals surface area contributed by atoms with Gasteiger partial charge in [-0.15, -0.1) is 5.10 Å². The maximum absolute atomic E-state index is 12.7. The Hall–Kier alpha value is -2.66. The van der Waals surface area contributed by atoms with E-state index in [0.717, 1.165) is 0 Å². The highest BCUT2D eigenvalue weighted by atomic mass is 32.2. The highest BCUT2D eigenvalue weighted by Crippen LogP contribution is 2.55. The number of hydrogen-bond acceptors (Lipinski definition) is 8. The molecule has 3 aromatic heterocycles. The molecule has 3 N–H and O–H groups in total. The van der Waals surface area contributed by atoms with Crippen LogP contribution in [-0.4, -0.2) is 65.4 Å². The molecular weight excluding hydrogens is 394 g/mol. The number of rotatable bonds is 4. The zero-order valence-electron chi connectivity index (χ0n) is 16.3. The van der Waals surface area contributed by atoms with Crippen LogP contribution in [0.1, 0.15) is 25.3 Å². The Morgan fingerprint density at radius 1 is 1.38 bits per heavy atom. The number of aromatic amines is 1. The Kier molecular flexibility index (Phi) is 3.91. The molecule has 1 saturated heterocycles. The number of sulfone groups is 1. The number of nitrogens with one attached hydrogen (secondary N) is 1. The van der Waals surface area contributed by atoms with Crippen LogP contribution in [0.15, 0.2) is 18.3 Å². The fourth-order valence-corrected chi connectivity index (χ4v) is 5.60. The molecule has 0 radical (unpaired) electrons. The van der Waals surface area contributed by atoms with Crippen LogP contribution >= 0.6 is 0 Å². The van der Waals surface area contributed by atoms with Gasteiger partial charge in [0.15, 0.2) is 27.1 Å². The summed E-state index contributed by atoms with van der Waals surface area (Å²) in [5, 5.41) is 11.9. The number of nitrogens with two attached hydrogens (primary N) is 1. The highest BCUT2D eigenvalue weighted by molar-refractivity contribution is 7.92. The van der Waals surface area contributed by atoms with Gasteiger partial charge in [-0.25, -0.2) is 13.4 Å². The van der Waals surface area contributed by atoms with Crippen molar-refractivity contribution in [3.8, 4) is 5.82 Å². The van der Waals surface area contributed by atoms with Gasteiger partial charge in [0.05, 0.1) is 35.6 Å². The average molecular weight is 417 g/mol. The zero-order valence-corrected chi connectivity index (χ0v) is 17.1. The molecule has 2 aliphatic rings. The Morgan fingerprint density at radius 3 is 2.79 bits per heavy atom. The van der Waals surface area contributed by atoms with Crippen molar-refractivity contribution < 1.29 is 13.2 Å². The van der Waals surface area contributed by atoms with Crippen LogP contribution in [0.2, 0.25) is 0 Å². The lowest BCUT2D eigenvalue weighted by Crippen LogP contribution is -2.44. The fourth-order valence-electron chi connectivity index (χ4n) is 4.19. The van der Waals surface area contributed by atoms with E-state index in [4.69, 9.17) is 15.5 Å². The van der Waals surface area contributed by atoms with E-state index >= 15 is 0 Å². The molecule has 0 unspecified atom stereocenters. The quantitative estimate of drug-likeness (QED) is 0.642. The van der Waals surface area contributed by atoms with Crippen LogP contribution in [0.3, 0.4) is 0 Å². The number of anilines is 2. The first-order valence-corrected chi connectivity index (χ1v) is 11.4. The molecule has 0 spiro atoms. The predicted molar refractivity (Wildman–Crippen MR) is 109 cm³/mol. The Balaban J connectivity index is 1.81. The second-order valence-corrected chi connectivity index (χ2v) is 10.2. The molecule has 1 atom stereocenters. The van der Waals surface area contributed by atoms with E-state index in [1.165, 1.54) is 6.26 Å². The van der Waals surface area contributed by atoms with Crippen molar-refractivity contribution in [2.24, 2.45) is 0 Å². The third kappa shape index (κ3) is 2.71. The summed E-state index contributed by atoms with van der Waals surface area (Å²) in [5.74, 6) is 1.58. The van der Waals surface area contributed by atoms with Crippen LogP contribution in [0.5, 0.6) is 0 Å². The lowest BCUT2D eigenvalue weighted by Gasteiger charge is -2.34. The number of hydrogen-bond donors (Lipinski definition) is 2. The molecule has 0 amide bonds. The minimum absolute atomic E-state index is 0.121. The molecule has 154 valence electrons. The number of nitrogens with zero attached hydrogens (tertiary/aromatic N) is 5. The Morgan fingerprint density at radius 2 is 2.17 bits per heavy atom. The molecule has 5 rings (SSSR count). The Labute approximate surface area is 168 Å². The summed E-state index contributed by atoms with van der Waals surface area (Å²) < 4.78 is 31.7. The normalized spacial score (nSPS) is 21.6. The second-order valence-electron chi connectivity index (χ2n) is 7.85. The smallest absolute Gasteiger partial charge is 0.169 e. The Bertz CT molecular complexity index is 1180. The zero-order chi connectivity index (χ0) is 20.4. The van der Waals surface area contributed by atoms with Crippen molar-refractivity contribution in [3.63, 3.8) is 0 Å². The number of H-pyrrole nitrogens is 1. The first kappa shape index (κ1) is 18.4. The molecule has 1 aliphatic heterocycles. The van der Waals surface area contributed by atoms with Gasteiger partial charge in [0, 0.05) is 18.9 Å². The fraction of sp³-hybridized carbons (Fsp3) is 0.500. The van der Waals surface area contributed by atoms with Crippen molar-refractivity contribution in [1.29, 1.82) is 0 Å². The van der Waals surface area contributed by atoms with Gasteiger partial charge in [-0.05, 0) is 31.4 Å². The van der Waals surface area contributed by atoms with Gasteiger partial charge in [-0.1, -0.05) is 0 Å². The summed E-state index contributed by atoms with van der Waals surface area (Å²) >= 11 is 0. The van der Waals surface area contributed by atoms with Gasteiger partial charge in [-0.2, -0.15) is 9.78 Å². The van der Waals surface area contributed by atoms with E-state index in [0.29, 0.717) is 60.8 Å². The van der Waals surface area contributed by atoms with Crippen molar-refractivity contribution in [2.75, 3.05) is 36.6 Å². The summed E-state index contributed by atoms with van der Waals surface area (Å²) in [4.78, 5) is 7.00. The van der Waals surface area contributed by atoms with Gasteiger partial charge < -0.3 is 15.4 Å². The number of morpholine rings is 1. The lowest BCUT2D eigenvalue weighted by atomic mass is 10.1. The molecule has 29 heavy (non-hydrogen) atoms. The molecule has 1 aliphatic carbocycles. The van der Waals surface area contributed by atoms with Gasteiger partial charge in [0.2, 0.25) is 0 Å². The van der Waals surface area contributed by atoms with Gasteiger partial charge in [-0.3, -0.25) is 5.10 Å². The van der Waals surface area contributed by atoms with E-state index in [-0.39, 0.29) is 11.9 Å². The minimum atomic E-state index is -3.34. The van der Waals surface area contributed by atoms with Crippen LogP contribution in [0, 0.1) is 0 Å². The minimum Gasteiger partial charge on any atom is -0.382 e. The first-order chi connectivity index (χ1) is 13.8. The number of ether oxygens (including phenoxy) is 1. The van der Waals surface area contributed by atoms with E-state index in [1.54, 1.807) is 16.9 Å². The van der Waals surface area contributed by atoms with Gasteiger partial charge in [0.25, 0.3) is 0 Å². The van der Waals surface area contributed by atoms with Crippen LogP contribution < -0.4 is 10.6 Å². The summed E-state index contributed by atoms with van der Waals surface area (Å²) in [6.07, 6.45) is 4.04. The maximum Gasteiger partial charge on any atom is 0.169 e. The van der Waals surface area contributed by atoms with E-state index in [1.807, 2.05) is 6.07 Å². The number of pyridine rings is 1. The third-order valence-corrected chi connectivity index (χ3v) is 7.98. The molecule has 2 fully saturated rings. The molecule has 10 nitrogen and oxygen atoms in total. The number of aromatic nitrogens is 5. The summed E-state index contributed by atoms with van der Waals surface area (Å²) in [6, 6.07) is 3.77. The second kappa shape index (κ2) is 6.17. The summed E-state index contributed by atoms with van der Waals surface area (Å²) in [7, 11) is -3.34. The van der Waals surface area contributed by atoms with Crippen molar-refractivity contribution in [2.45, 2.75) is 30.6 Å². The van der Waals surface area contributed by atoms with E-state index < -0.39 is 14.6 Å². The summed E-state index contributed by atoms with van der Waals surface area (Å²) in [6.45, 7) is 3.93. The largest absolute Gasteiger partial charge is 0.382 e. The number of fused-ring (bicyclic) bond motifs is 1. The van der Waals surface area contributed by atoms with E-state index in [9.17, 15) is 8.42 Å². The lowest BCUT2D eigenvalue weighted by molar-refractivity contribution is 0.0985. The SMILES string of the molecule is C[C@@H]1COCCN1c1cc(C2(S(C)(=O)=O)CC2)c2c(N)nn(-c3ccn[nH]3)c2n1. The molecule has 4 heterocycles. The van der Waals surface area contributed by atoms with Crippen molar-refractivity contribution in [1.82, 2.24) is 25.0 Å².